The quantitative estimate of drug-likeness (QED) is 0.629. The smallest absolute Gasteiger partial charge is 0.0256 e. The monoisotopic (exact) mass is 194 g/mol. The molecule has 0 heteroatoms. The van der Waals surface area contributed by atoms with E-state index in [4.69, 9.17) is 0 Å². The fourth-order valence-corrected chi connectivity index (χ4v) is 1.43. The fourth-order valence-electron chi connectivity index (χ4n) is 1.43. The second kappa shape index (κ2) is 4.61. The van der Waals surface area contributed by atoms with Crippen LogP contribution in [0.25, 0.3) is 12.2 Å². The summed E-state index contributed by atoms with van der Waals surface area (Å²) in [6.45, 7) is 2.10. The van der Waals surface area contributed by atoms with Crippen LogP contribution in [0, 0.1) is 6.92 Å². The predicted octanol–water partition coefficient (Wildman–Crippen LogP) is 4.17. The molecule has 0 nitrogen and oxygen atoms in total. The van der Waals surface area contributed by atoms with Crippen molar-refractivity contribution in [3.05, 3.63) is 71.3 Å². The van der Waals surface area contributed by atoms with Crippen molar-refractivity contribution in [2.45, 2.75) is 6.92 Å². The van der Waals surface area contributed by atoms with E-state index in [1.54, 1.807) is 0 Å². The third-order valence-electron chi connectivity index (χ3n) is 2.35. The van der Waals surface area contributed by atoms with E-state index in [1.807, 2.05) is 6.07 Å². The van der Waals surface area contributed by atoms with Crippen LogP contribution < -0.4 is 0 Å². The summed E-state index contributed by atoms with van der Waals surface area (Å²) < 4.78 is 0. The highest BCUT2D eigenvalue weighted by Gasteiger charge is 1.87. The van der Waals surface area contributed by atoms with Crippen molar-refractivity contribution in [2.75, 3.05) is 0 Å². The SMILES string of the molecule is Cc1ccc(/C=C/c2ccccc2)cc1. The van der Waals surface area contributed by atoms with E-state index in [0.29, 0.717) is 0 Å². The van der Waals surface area contributed by atoms with Crippen molar-refractivity contribution in [2.24, 2.45) is 0 Å². The molecular formula is C15H14. The lowest BCUT2D eigenvalue weighted by Gasteiger charge is -1.95. The molecule has 0 amide bonds. The molecule has 0 N–H and O–H groups in total. The van der Waals surface area contributed by atoms with Crippen molar-refractivity contribution in [3.8, 4) is 0 Å². The predicted molar refractivity (Wildman–Crippen MR) is 66.5 cm³/mol. The molecule has 0 saturated heterocycles. The molecule has 0 heterocycles. The second-order valence-corrected chi connectivity index (χ2v) is 3.65. The van der Waals surface area contributed by atoms with Gasteiger partial charge in [0, 0.05) is 0 Å². The van der Waals surface area contributed by atoms with E-state index in [1.165, 1.54) is 16.7 Å². The molecule has 0 aromatic heterocycles. The van der Waals surface area contributed by atoms with Crippen LogP contribution in [0.5, 0.6) is 0 Å². The summed E-state index contributed by atoms with van der Waals surface area (Å²) in [7, 11) is 0. The Morgan fingerprint density at radius 1 is 0.667 bits per heavy atom. The number of hydrogen-bond donors (Lipinski definition) is 0. The molecule has 0 bridgehead atoms. The van der Waals surface area contributed by atoms with Crippen molar-refractivity contribution in [1.29, 1.82) is 0 Å². The zero-order valence-corrected chi connectivity index (χ0v) is 8.85. The van der Waals surface area contributed by atoms with Crippen LogP contribution in [0.4, 0.5) is 0 Å². The Labute approximate surface area is 90.9 Å². The molecule has 74 valence electrons. The van der Waals surface area contributed by atoms with Crippen LogP contribution >= 0.6 is 0 Å². The van der Waals surface area contributed by atoms with Gasteiger partial charge < -0.3 is 0 Å². The minimum atomic E-state index is 1.23. The first-order valence-corrected chi connectivity index (χ1v) is 5.14. The molecule has 2 aromatic rings. The minimum absolute atomic E-state index is 1.23. The van der Waals surface area contributed by atoms with E-state index in [-0.39, 0.29) is 0 Å². The summed E-state index contributed by atoms with van der Waals surface area (Å²) in [5, 5.41) is 0. The molecule has 0 aliphatic heterocycles. The molecular weight excluding hydrogens is 180 g/mol. The van der Waals surface area contributed by atoms with E-state index in [2.05, 4.69) is 67.6 Å². The maximum absolute atomic E-state index is 2.13. The van der Waals surface area contributed by atoms with Crippen LogP contribution in [0.15, 0.2) is 54.6 Å². The summed E-state index contributed by atoms with van der Waals surface area (Å²) in [6.07, 6.45) is 4.26. The highest BCUT2D eigenvalue weighted by Crippen LogP contribution is 2.08. The lowest BCUT2D eigenvalue weighted by atomic mass is 10.1. The van der Waals surface area contributed by atoms with Gasteiger partial charge in [0.05, 0.1) is 0 Å². The van der Waals surface area contributed by atoms with Gasteiger partial charge in [0.15, 0.2) is 0 Å². The Kier molecular flexibility index (Phi) is 2.99. The maximum Gasteiger partial charge on any atom is -0.0256 e. The molecule has 0 aliphatic carbocycles. The van der Waals surface area contributed by atoms with Gasteiger partial charge in [-0.3, -0.25) is 0 Å². The van der Waals surface area contributed by atoms with Crippen LogP contribution in [0.2, 0.25) is 0 Å². The molecule has 0 radical (unpaired) electrons. The van der Waals surface area contributed by atoms with Gasteiger partial charge in [-0.2, -0.15) is 0 Å². The Balaban J connectivity index is 2.15. The van der Waals surface area contributed by atoms with Crippen LogP contribution in [-0.4, -0.2) is 0 Å². The standard InChI is InChI=1S/C15H14/c1-13-7-9-15(10-8-13)12-11-14-5-3-2-4-6-14/h2-12H,1H3/b12-11+. The third-order valence-corrected chi connectivity index (χ3v) is 2.35. The van der Waals surface area contributed by atoms with Gasteiger partial charge in [0.1, 0.15) is 0 Å². The zero-order valence-electron chi connectivity index (χ0n) is 8.85. The van der Waals surface area contributed by atoms with Crippen LogP contribution in [0.3, 0.4) is 0 Å². The highest BCUT2D eigenvalue weighted by molar-refractivity contribution is 5.69. The average Bonchev–Trinajstić information content (AvgIpc) is 2.30. The van der Waals surface area contributed by atoms with Gasteiger partial charge in [-0.1, -0.05) is 72.3 Å². The average molecular weight is 194 g/mol. The highest BCUT2D eigenvalue weighted by atomic mass is 13.9. The molecule has 0 unspecified atom stereocenters. The first kappa shape index (κ1) is 9.72. The third kappa shape index (κ3) is 2.81. The second-order valence-electron chi connectivity index (χ2n) is 3.65. The lowest BCUT2D eigenvalue weighted by molar-refractivity contribution is 1.46. The molecule has 0 spiro atoms. The zero-order chi connectivity index (χ0) is 10.5. The first-order chi connectivity index (χ1) is 7.34. The summed E-state index contributed by atoms with van der Waals surface area (Å²) in [5.74, 6) is 0. The molecule has 0 saturated carbocycles. The first-order valence-electron chi connectivity index (χ1n) is 5.14. The van der Waals surface area contributed by atoms with Crippen molar-refractivity contribution >= 4 is 12.2 Å². The van der Waals surface area contributed by atoms with Crippen molar-refractivity contribution < 1.29 is 0 Å². The molecule has 2 rings (SSSR count). The maximum atomic E-state index is 2.13. The Morgan fingerprint density at radius 2 is 1.20 bits per heavy atom. The molecule has 15 heavy (non-hydrogen) atoms. The molecule has 2 aromatic carbocycles. The molecule has 0 atom stereocenters. The largest absolute Gasteiger partial charge is 0.0622 e. The normalized spacial score (nSPS) is 10.7. The van der Waals surface area contributed by atoms with E-state index in [0.717, 1.165) is 0 Å². The van der Waals surface area contributed by atoms with Crippen LogP contribution in [0.1, 0.15) is 16.7 Å². The van der Waals surface area contributed by atoms with Gasteiger partial charge in [-0.05, 0) is 18.1 Å². The number of hydrogen-bond acceptors (Lipinski definition) is 0. The summed E-state index contributed by atoms with van der Waals surface area (Å²) in [5.41, 5.74) is 3.77. The fraction of sp³-hybridized carbons (Fsp3) is 0.0667. The van der Waals surface area contributed by atoms with Crippen LogP contribution in [-0.2, 0) is 0 Å². The van der Waals surface area contributed by atoms with Crippen molar-refractivity contribution in [3.63, 3.8) is 0 Å². The summed E-state index contributed by atoms with van der Waals surface area (Å²) in [4.78, 5) is 0. The summed E-state index contributed by atoms with van der Waals surface area (Å²) in [6, 6.07) is 18.9. The molecule has 0 fully saturated rings. The van der Waals surface area contributed by atoms with Gasteiger partial charge in [-0.25, -0.2) is 0 Å². The van der Waals surface area contributed by atoms with Gasteiger partial charge in [0.2, 0.25) is 0 Å². The lowest BCUT2D eigenvalue weighted by Crippen LogP contribution is -1.74. The van der Waals surface area contributed by atoms with Gasteiger partial charge in [-0.15, -0.1) is 0 Å². The minimum Gasteiger partial charge on any atom is -0.0622 e. The van der Waals surface area contributed by atoms with Gasteiger partial charge >= 0.3 is 0 Å². The van der Waals surface area contributed by atoms with E-state index >= 15 is 0 Å². The van der Waals surface area contributed by atoms with E-state index < -0.39 is 0 Å². The number of aryl methyl sites for hydroxylation is 1. The molecule has 0 aliphatic rings. The Morgan fingerprint density at radius 3 is 1.80 bits per heavy atom. The number of benzene rings is 2. The number of rotatable bonds is 2. The Hall–Kier alpha value is -1.82. The van der Waals surface area contributed by atoms with Crippen molar-refractivity contribution in [1.82, 2.24) is 0 Å². The topological polar surface area (TPSA) is 0 Å². The van der Waals surface area contributed by atoms with Gasteiger partial charge in [0.25, 0.3) is 0 Å². The Bertz CT molecular complexity index is 435. The van der Waals surface area contributed by atoms with E-state index in [9.17, 15) is 0 Å². The summed E-state index contributed by atoms with van der Waals surface area (Å²) >= 11 is 0.